The van der Waals surface area contributed by atoms with Crippen LogP contribution in [0.25, 0.3) is 10.9 Å². The van der Waals surface area contributed by atoms with E-state index in [1.165, 1.54) is 0 Å². The first kappa shape index (κ1) is 23.1. The van der Waals surface area contributed by atoms with E-state index in [-0.39, 0.29) is 18.2 Å². The van der Waals surface area contributed by atoms with E-state index in [4.69, 9.17) is 4.84 Å². The molecule has 1 aromatic heterocycles. The van der Waals surface area contributed by atoms with Crippen molar-refractivity contribution in [3.05, 3.63) is 59.7 Å². The third-order valence-electron chi connectivity index (χ3n) is 5.27. The number of carbonyl (C=O) groups excluding carboxylic acids is 1. The van der Waals surface area contributed by atoms with Crippen LogP contribution in [0.2, 0.25) is 0 Å². The summed E-state index contributed by atoms with van der Waals surface area (Å²) in [5, 5.41) is 23.2. The van der Waals surface area contributed by atoms with Crippen LogP contribution in [0, 0.1) is 6.92 Å². The number of carbonyl (C=O) groups is 1. The average molecular weight is 436 g/mol. The van der Waals surface area contributed by atoms with Crippen LogP contribution in [-0.2, 0) is 16.3 Å². The number of fused-ring (bicyclic) bond motifs is 1. The maximum absolute atomic E-state index is 12.2. The van der Waals surface area contributed by atoms with Gasteiger partial charge < -0.3 is 9.94 Å². The predicted octanol–water partition coefficient (Wildman–Crippen LogP) is 5.01. The topological polar surface area (TPSA) is 91.8 Å². The molecule has 3 aromatic rings. The van der Waals surface area contributed by atoms with Crippen molar-refractivity contribution in [2.75, 3.05) is 19.7 Å². The maximum atomic E-state index is 12.2. The maximum Gasteiger partial charge on any atom is 0.304 e. The fourth-order valence-electron chi connectivity index (χ4n) is 3.30. The van der Waals surface area contributed by atoms with Crippen molar-refractivity contribution in [1.82, 2.24) is 9.47 Å². The highest BCUT2D eigenvalue weighted by Crippen LogP contribution is 2.38. The molecule has 0 fully saturated rings. The van der Waals surface area contributed by atoms with Gasteiger partial charge in [0.1, 0.15) is 0 Å². The van der Waals surface area contributed by atoms with E-state index in [1.54, 1.807) is 11.5 Å². The van der Waals surface area contributed by atoms with Gasteiger partial charge in [-0.2, -0.15) is 0 Å². The molecule has 0 atom stereocenters. The minimum atomic E-state index is -0.592. The van der Waals surface area contributed by atoms with E-state index in [0.717, 1.165) is 35.1 Å². The molecular weight excluding hydrogens is 406 g/mol. The summed E-state index contributed by atoms with van der Waals surface area (Å²) < 4.78 is 1.77. The molecule has 1 heterocycles. The zero-order chi connectivity index (χ0) is 23.1. The number of aryl methyl sites for hydroxylation is 1. The van der Waals surface area contributed by atoms with Gasteiger partial charge in [0.25, 0.3) is 0 Å². The number of rotatable bonds is 9. The zero-order valence-corrected chi connectivity index (χ0v) is 18.9. The van der Waals surface area contributed by atoms with Gasteiger partial charge in [-0.25, -0.2) is 0 Å². The van der Waals surface area contributed by atoms with Crippen LogP contribution in [0.15, 0.2) is 63.9 Å². The minimum Gasteiger partial charge on any atom is -0.493 e. The standard InChI is InChI=1S/C24H29N5O3/c1-5-28(6-2)16-29-21-10-8-7-9-20(21)23(24(29)31)26-25-22(30)15-32-27-18(4)19-13-11-17(3)12-14-19/h7-14,31H,5-6,15-16H2,1-4H3/b26-25?,27-18+. The summed E-state index contributed by atoms with van der Waals surface area (Å²) in [7, 11) is 0. The number of aromatic nitrogens is 1. The van der Waals surface area contributed by atoms with Gasteiger partial charge in [-0.1, -0.05) is 67.0 Å². The lowest BCUT2D eigenvalue weighted by atomic mass is 10.1. The average Bonchev–Trinajstić information content (AvgIpc) is 3.06. The molecule has 0 aliphatic carbocycles. The Morgan fingerprint density at radius 1 is 1.09 bits per heavy atom. The van der Waals surface area contributed by atoms with Gasteiger partial charge in [0.15, 0.2) is 12.3 Å². The minimum absolute atomic E-state index is 0.0243. The van der Waals surface area contributed by atoms with Crippen molar-refractivity contribution in [2.45, 2.75) is 34.4 Å². The van der Waals surface area contributed by atoms with Gasteiger partial charge in [-0.15, -0.1) is 10.2 Å². The van der Waals surface area contributed by atoms with Gasteiger partial charge in [-0.3, -0.25) is 14.3 Å². The van der Waals surface area contributed by atoms with Gasteiger partial charge in [-0.05, 0) is 38.6 Å². The van der Waals surface area contributed by atoms with Gasteiger partial charge in [0, 0.05) is 5.39 Å². The summed E-state index contributed by atoms with van der Waals surface area (Å²) in [6.07, 6.45) is 0. The van der Waals surface area contributed by atoms with Gasteiger partial charge >= 0.3 is 5.91 Å². The number of aromatic hydroxyl groups is 1. The Morgan fingerprint density at radius 3 is 2.47 bits per heavy atom. The fourth-order valence-corrected chi connectivity index (χ4v) is 3.30. The Labute approximate surface area is 187 Å². The molecule has 1 N–H and O–H groups in total. The Kier molecular flexibility index (Phi) is 7.72. The summed E-state index contributed by atoms with van der Waals surface area (Å²) in [5.74, 6) is -0.616. The molecule has 0 aliphatic rings. The van der Waals surface area contributed by atoms with Crippen LogP contribution in [0.1, 0.15) is 31.9 Å². The van der Waals surface area contributed by atoms with Crippen molar-refractivity contribution in [3.63, 3.8) is 0 Å². The molecule has 8 heteroatoms. The molecule has 3 rings (SSSR count). The first-order chi connectivity index (χ1) is 15.4. The fraction of sp³-hybridized carbons (Fsp3) is 0.333. The highest BCUT2D eigenvalue weighted by Gasteiger charge is 2.18. The number of azo groups is 1. The summed E-state index contributed by atoms with van der Waals surface area (Å²) in [6.45, 7) is 9.80. The van der Waals surface area contributed by atoms with Crippen LogP contribution >= 0.6 is 0 Å². The lowest BCUT2D eigenvalue weighted by molar-refractivity contribution is -0.122. The predicted molar refractivity (Wildman–Crippen MR) is 125 cm³/mol. The van der Waals surface area contributed by atoms with Crippen molar-refractivity contribution >= 4 is 28.2 Å². The molecule has 0 saturated heterocycles. The number of hydrogen-bond donors (Lipinski definition) is 1. The second-order valence-corrected chi connectivity index (χ2v) is 7.47. The van der Waals surface area contributed by atoms with Crippen LogP contribution in [0.3, 0.4) is 0 Å². The number of para-hydroxylation sites is 1. The SMILES string of the molecule is CCN(CC)Cn1c(O)c(N=NC(=O)CO/N=C(\C)c2ccc(C)cc2)c2ccccc21. The first-order valence-electron chi connectivity index (χ1n) is 10.6. The lowest BCUT2D eigenvalue weighted by Gasteiger charge is -2.19. The van der Waals surface area contributed by atoms with Crippen molar-refractivity contribution in [2.24, 2.45) is 15.4 Å². The zero-order valence-electron chi connectivity index (χ0n) is 18.9. The normalized spacial score (nSPS) is 12.2. The first-order valence-corrected chi connectivity index (χ1v) is 10.6. The molecular formula is C24H29N5O3. The van der Waals surface area contributed by atoms with Crippen LogP contribution in [0.5, 0.6) is 5.88 Å². The van der Waals surface area contributed by atoms with Crippen molar-refractivity contribution in [1.29, 1.82) is 0 Å². The molecule has 0 spiro atoms. The Bertz CT molecular complexity index is 1130. The molecule has 8 nitrogen and oxygen atoms in total. The van der Waals surface area contributed by atoms with Crippen LogP contribution < -0.4 is 0 Å². The second-order valence-electron chi connectivity index (χ2n) is 7.47. The van der Waals surface area contributed by atoms with E-state index in [9.17, 15) is 9.90 Å². The molecule has 168 valence electrons. The third kappa shape index (κ3) is 5.39. The summed E-state index contributed by atoms with van der Waals surface area (Å²) in [5.41, 5.74) is 3.82. The molecule has 0 aliphatic heterocycles. The van der Waals surface area contributed by atoms with E-state index in [0.29, 0.717) is 12.4 Å². The van der Waals surface area contributed by atoms with Gasteiger partial charge in [0.05, 0.1) is 17.9 Å². The second kappa shape index (κ2) is 10.7. The number of oxime groups is 1. The largest absolute Gasteiger partial charge is 0.493 e. The third-order valence-corrected chi connectivity index (χ3v) is 5.27. The molecule has 0 saturated carbocycles. The highest BCUT2D eigenvalue weighted by atomic mass is 16.6. The van der Waals surface area contributed by atoms with E-state index in [1.807, 2.05) is 55.5 Å². The lowest BCUT2D eigenvalue weighted by Crippen LogP contribution is -2.25. The molecule has 0 bridgehead atoms. The Morgan fingerprint density at radius 2 is 1.78 bits per heavy atom. The molecule has 32 heavy (non-hydrogen) atoms. The smallest absolute Gasteiger partial charge is 0.304 e. The molecule has 0 unspecified atom stereocenters. The summed E-state index contributed by atoms with van der Waals surface area (Å²) >= 11 is 0. The number of amides is 1. The monoisotopic (exact) mass is 435 g/mol. The van der Waals surface area contributed by atoms with Crippen LogP contribution in [0.4, 0.5) is 5.69 Å². The summed E-state index contributed by atoms with van der Waals surface area (Å²) in [6, 6.07) is 15.4. The van der Waals surface area contributed by atoms with Crippen molar-refractivity contribution < 1.29 is 14.7 Å². The Balaban J connectivity index is 1.72. The highest BCUT2D eigenvalue weighted by molar-refractivity contribution is 5.98. The quantitative estimate of drug-likeness (QED) is 0.291. The van der Waals surface area contributed by atoms with E-state index in [2.05, 4.69) is 34.1 Å². The number of benzene rings is 2. The molecule has 2 aromatic carbocycles. The van der Waals surface area contributed by atoms with Gasteiger partial charge in [0.2, 0.25) is 5.88 Å². The van der Waals surface area contributed by atoms with Crippen molar-refractivity contribution in [3.8, 4) is 5.88 Å². The number of hydrogen-bond acceptors (Lipinski definition) is 6. The van der Waals surface area contributed by atoms with Crippen LogP contribution in [-0.4, -0.2) is 45.9 Å². The molecule has 1 amide bonds. The molecule has 0 radical (unpaired) electrons. The Hall–Kier alpha value is -3.52. The van der Waals surface area contributed by atoms with E-state index < -0.39 is 5.91 Å². The summed E-state index contributed by atoms with van der Waals surface area (Å²) in [4.78, 5) is 19.5. The number of nitrogens with zero attached hydrogens (tertiary/aromatic N) is 5. The van der Waals surface area contributed by atoms with E-state index >= 15 is 0 Å².